The lowest BCUT2D eigenvalue weighted by Crippen LogP contribution is -2.34. The van der Waals surface area contributed by atoms with Gasteiger partial charge in [0.15, 0.2) is 0 Å². The molecule has 35 heavy (non-hydrogen) atoms. The average molecular weight is 552 g/mol. The van der Waals surface area contributed by atoms with Crippen LogP contribution in [-0.4, -0.2) is 26.5 Å². The van der Waals surface area contributed by atoms with Gasteiger partial charge in [-0.3, -0.25) is 0 Å². The van der Waals surface area contributed by atoms with Gasteiger partial charge in [-0.1, -0.05) is 64.0 Å². The van der Waals surface area contributed by atoms with Crippen LogP contribution in [0.1, 0.15) is 24.0 Å². The molecule has 0 spiro atoms. The van der Waals surface area contributed by atoms with Gasteiger partial charge in [0.05, 0.1) is 4.90 Å². The molecule has 1 aliphatic heterocycles. The molecule has 1 fully saturated rings. The second-order valence-electron chi connectivity index (χ2n) is 9.08. The first-order valence-electron chi connectivity index (χ1n) is 11.8. The van der Waals surface area contributed by atoms with Gasteiger partial charge in [0.1, 0.15) is 0 Å². The number of aryl methyl sites for hydroxylation is 1. The molecule has 5 rings (SSSR count). The minimum Gasteiger partial charge on any atom is -0.419 e. The minimum absolute atomic E-state index is 0.0159. The molecule has 1 aromatic heterocycles. The number of oxazole rings is 1. The number of halogens is 1. The molecule has 1 aliphatic rings. The van der Waals surface area contributed by atoms with Crippen LogP contribution in [0.5, 0.6) is 0 Å². The molecule has 0 unspecified atom stereocenters. The number of hydrogen-bond acceptors (Lipinski definition) is 5. The van der Waals surface area contributed by atoms with Crippen molar-refractivity contribution in [3.05, 3.63) is 94.5 Å². The Bertz CT molecular complexity index is 1410. The highest BCUT2D eigenvalue weighted by Gasteiger charge is 2.33. The van der Waals surface area contributed by atoms with Crippen LogP contribution in [0.15, 0.2) is 97.7 Å². The second kappa shape index (κ2) is 9.99. The van der Waals surface area contributed by atoms with E-state index in [4.69, 9.17) is 4.42 Å². The first-order valence-corrected chi connectivity index (χ1v) is 14.0. The molecule has 0 saturated carbocycles. The number of nitrogens with zero attached hydrogens (tertiary/aromatic N) is 2. The normalized spacial score (nSPS) is 14.9. The molecule has 0 atom stereocenters. The van der Waals surface area contributed by atoms with E-state index in [1.54, 1.807) is 24.3 Å². The molecule has 4 aromatic rings. The van der Waals surface area contributed by atoms with Gasteiger partial charge in [-0.2, -0.15) is 4.98 Å². The number of benzene rings is 3. The van der Waals surface area contributed by atoms with Gasteiger partial charge in [0.2, 0.25) is 26.6 Å². The predicted molar refractivity (Wildman–Crippen MR) is 141 cm³/mol. The number of anilines is 1. The summed E-state index contributed by atoms with van der Waals surface area (Å²) >= 11 is 3.38. The van der Waals surface area contributed by atoms with Crippen LogP contribution < -0.4 is 4.90 Å². The van der Waals surface area contributed by atoms with E-state index in [1.807, 2.05) is 42.2 Å². The van der Waals surface area contributed by atoms with Crippen LogP contribution in [0.2, 0.25) is 0 Å². The van der Waals surface area contributed by atoms with Crippen molar-refractivity contribution in [3.63, 3.8) is 0 Å². The lowest BCUT2D eigenvalue weighted by Gasteiger charge is -2.32. The summed E-state index contributed by atoms with van der Waals surface area (Å²) in [5, 5.41) is -0.0159. The quantitative estimate of drug-likeness (QED) is 0.267. The largest absolute Gasteiger partial charge is 0.419 e. The highest BCUT2D eigenvalue weighted by molar-refractivity contribution is 9.10. The Morgan fingerprint density at radius 2 is 1.69 bits per heavy atom. The number of rotatable bonds is 6. The molecule has 0 bridgehead atoms. The molecule has 1 saturated heterocycles. The third kappa shape index (κ3) is 5.21. The van der Waals surface area contributed by atoms with E-state index < -0.39 is 9.84 Å². The molecule has 2 heterocycles. The lowest BCUT2D eigenvalue weighted by molar-refractivity contribution is 0.387. The van der Waals surface area contributed by atoms with E-state index in [2.05, 4.69) is 45.2 Å². The number of hydrogen-bond donors (Lipinski definition) is 0. The zero-order valence-electron chi connectivity index (χ0n) is 19.5. The van der Waals surface area contributed by atoms with E-state index >= 15 is 0 Å². The van der Waals surface area contributed by atoms with E-state index in [9.17, 15) is 8.42 Å². The molecule has 5 nitrogen and oxygen atoms in total. The zero-order chi connectivity index (χ0) is 24.4. The Kier molecular flexibility index (Phi) is 6.80. The standard InChI is InChI=1S/C28H27BrN2O3S/c1-20-6-5-9-23(18-20)26-30-27(35(32,33)25-12-10-24(29)11-13-25)28(34-26)31-16-14-22(15-17-31)19-21-7-3-2-4-8-21/h2-13,18,22H,14-17,19H2,1H3. The Morgan fingerprint density at radius 1 is 0.971 bits per heavy atom. The molecule has 0 aliphatic carbocycles. The Balaban J connectivity index is 1.47. The van der Waals surface area contributed by atoms with E-state index in [-0.39, 0.29) is 9.92 Å². The third-order valence-electron chi connectivity index (χ3n) is 6.49. The van der Waals surface area contributed by atoms with Crippen molar-refractivity contribution < 1.29 is 12.8 Å². The van der Waals surface area contributed by atoms with Gasteiger partial charge in [0, 0.05) is 23.1 Å². The van der Waals surface area contributed by atoms with Crippen LogP contribution in [0, 0.1) is 12.8 Å². The summed E-state index contributed by atoms with van der Waals surface area (Å²) in [6.45, 7) is 3.44. The van der Waals surface area contributed by atoms with E-state index in [0.717, 1.165) is 48.0 Å². The minimum atomic E-state index is -3.86. The van der Waals surface area contributed by atoms with Gasteiger partial charge in [-0.15, -0.1) is 0 Å². The fourth-order valence-corrected chi connectivity index (χ4v) is 6.17. The maximum Gasteiger partial charge on any atom is 0.236 e. The van der Waals surface area contributed by atoms with Crippen molar-refractivity contribution >= 4 is 31.7 Å². The van der Waals surface area contributed by atoms with Gasteiger partial charge in [-0.05, 0) is 74.1 Å². The molecule has 180 valence electrons. The number of piperidine rings is 1. The summed E-state index contributed by atoms with van der Waals surface area (Å²) < 4.78 is 34.3. The van der Waals surface area contributed by atoms with Crippen molar-refractivity contribution in [2.24, 2.45) is 5.92 Å². The fraction of sp³-hybridized carbons (Fsp3) is 0.250. The summed E-state index contributed by atoms with van der Waals surface area (Å²) in [4.78, 5) is 6.79. The number of sulfone groups is 1. The Hall–Kier alpha value is -2.90. The summed E-state index contributed by atoms with van der Waals surface area (Å²) in [5.74, 6) is 1.22. The third-order valence-corrected chi connectivity index (χ3v) is 8.69. The molecule has 0 amide bonds. The highest BCUT2D eigenvalue weighted by Crippen LogP contribution is 2.37. The van der Waals surface area contributed by atoms with Crippen molar-refractivity contribution in [2.45, 2.75) is 36.1 Å². The van der Waals surface area contributed by atoms with Crippen molar-refractivity contribution in [3.8, 4) is 11.5 Å². The molecular weight excluding hydrogens is 524 g/mol. The van der Waals surface area contributed by atoms with Crippen LogP contribution in [-0.2, 0) is 16.3 Å². The summed E-state index contributed by atoms with van der Waals surface area (Å²) in [5.41, 5.74) is 3.16. The molecule has 0 N–H and O–H groups in total. The van der Waals surface area contributed by atoms with Crippen molar-refractivity contribution in [1.29, 1.82) is 0 Å². The van der Waals surface area contributed by atoms with Gasteiger partial charge in [-0.25, -0.2) is 8.42 Å². The van der Waals surface area contributed by atoms with Crippen molar-refractivity contribution in [1.82, 2.24) is 4.98 Å². The molecule has 7 heteroatoms. The maximum atomic E-state index is 13.7. The van der Waals surface area contributed by atoms with Crippen molar-refractivity contribution in [2.75, 3.05) is 18.0 Å². The average Bonchev–Trinajstić information content (AvgIpc) is 3.32. The van der Waals surface area contributed by atoms with Crippen LogP contribution >= 0.6 is 15.9 Å². The first-order chi connectivity index (χ1) is 16.9. The van der Waals surface area contributed by atoms with Crippen LogP contribution in [0.4, 0.5) is 5.88 Å². The predicted octanol–water partition coefficient (Wildman–Crippen LogP) is 6.70. The first kappa shape index (κ1) is 23.8. The Morgan fingerprint density at radius 3 is 2.37 bits per heavy atom. The van der Waals surface area contributed by atoms with Gasteiger partial charge >= 0.3 is 0 Å². The SMILES string of the molecule is Cc1cccc(-c2nc(S(=O)(=O)c3ccc(Br)cc3)c(N3CCC(Cc4ccccc4)CC3)o2)c1. The zero-order valence-corrected chi connectivity index (χ0v) is 21.9. The molecular formula is C28H27BrN2O3S. The smallest absolute Gasteiger partial charge is 0.236 e. The summed E-state index contributed by atoms with van der Waals surface area (Å²) in [6.07, 6.45) is 2.96. The van der Waals surface area contributed by atoms with Crippen LogP contribution in [0.3, 0.4) is 0 Å². The monoisotopic (exact) mass is 550 g/mol. The Labute approximate surface area is 214 Å². The highest BCUT2D eigenvalue weighted by atomic mass is 79.9. The van der Waals surface area contributed by atoms with Crippen LogP contribution in [0.25, 0.3) is 11.5 Å². The maximum absolute atomic E-state index is 13.7. The summed E-state index contributed by atoms with van der Waals surface area (Å²) in [6, 6.07) is 24.9. The second-order valence-corrected chi connectivity index (χ2v) is 11.9. The lowest BCUT2D eigenvalue weighted by atomic mass is 9.90. The number of aromatic nitrogens is 1. The molecule has 3 aromatic carbocycles. The van der Waals surface area contributed by atoms with Gasteiger partial charge in [0.25, 0.3) is 0 Å². The summed E-state index contributed by atoms with van der Waals surface area (Å²) in [7, 11) is -3.86. The molecule has 0 radical (unpaired) electrons. The topological polar surface area (TPSA) is 63.4 Å². The fourth-order valence-electron chi connectivity index (χ4n) is 4.59. The van der Waals surface area contributed by atoms with Gasteiger partial charge < -0.3 is 9.32 Å². The van der Waals surface area contributed by atoms with E-state index in [0.29, 0.717) is 17.7 Å². The van der Waals surface area contributed by atoms with E-state index in [1.165, 1.54) is 5.56 Å².